The van der Waals surface area contributed by atoms with Gasteiger partial charge < -0.3 is 10.1 Å². The minimum absolute atomic E-state index is 0.353. The Kier molecular flexibility index (Phi) is 5.98. The number of ether oxygens (including phenoxy) is 1. The molecule has 114 valence electrons. The lowest BCUT2D eigenvalue weighted by Crippen LogP contribution is -2.39. The van der Waals surface area contributed by atoms with Crippen LogP contribution in [0.4, 0.5) is 0 Å². The fraction of sp³-hybridized carbons (Fsp3) is 0.867. The minimum Gasteiger partial charge on any atom is -0.383 e. The van der Waals surface area contributed by atoms with E-state index in [1.165, 1.54) is 32.1 Å². The molecule has 2 rings (SSSR count). The zero-order valence-corrected chi connectivity index (χ0v) is 12.9. The quantitative estimate of drug-likeness (QED) is 0.740. The Balaban J connectivity index is 1.98. The Morgan fingerprint density at radius 1 is 1.35 bits per heavy atom. The highest BCUT2D eigenvalue weighted by atomic mass is 16.5. The van der Waals surface area contributed by atoms with Crippen LogP contribution in [0.3, 0.4) is 0 Å². The van der Waals surface area contributed by atoms with Crippen LogP contribution in [0.15, 0.2) is 6.33 Å². The highest BCUT2D eigenvalue weighted by molar-refractivity contribution is 4.96. The van der Waals surface area contributed by atoms with Gasteiger partial charge in [0.2, 0.25) is 0 Å². The number of methoxy groups -OCH3 is 1. The second kappa shape index (κ2) is 7.74. The first kappa shape index (κ1) is 15.4. The molecule has 1 saturated carbocycles. The third-order valence-electron chi connectivity index (χ3n) is 4.43. The average molecular weight is 280 g/mol. The van der Waals surface area contributed by atoms with Gasteiger partial charge in [-0.2, -0.15) is 5.10 Å². The maximum atomic E-state index is 5.12. The molecule has 0 atom stereocenters. The van der Waals surface area contributed by atoms with Crippen LogP contribution < -0.4 is 5.32 Å². The topological polar surface area (TPSA) is 52.0 Å². The van der Waals surface area contributed by atoms with Gasteiger partial charge in [0.15, 0.2) is 0 Å². The van der Waals surface area contributed by atoms with E-state index in [2.05, 4.69) is 22.3 Å². The van der Waals surface area contributed by atoms with Crippen molar-refractivity contribution in [2.24, 2.45) is 5.41 Å². The molecule has 1 heterocycles. The number of aryl methyl sites for hydroxylation is 1. The van der Waals surface area contributed by atoms with Crippen molar-refractivity contribution in [1.82, 2.24) is 20.1 Å². The Morgan fingerprint density at radius 2 is 2.15 bits per heavy atom. The number of hydrogen-bond acceptors (Lipinski definition) is 4. The SMILES string of the molecule is CCn1ncnc1CC1(CNCCOC)CCCCC1. The van der Waals surface area contributed by atoms with Crippen molar-refractivity contribution in [3.8, 4) is 0 Å². The van der Waals surface area contributed by atoms with Crippen LogP contribution in [0.1, 0.15) is 44.9 Å². The molecule has 0 unspecified atom stereocenters. The van der Waals surface area contributed by atoms with E-state index >= 15 is 0 Å². The predicted molar refractivity (Wildman–Crippen MR) is 79.7 cm³/mol. The largest absolute Gasteiger partial charge is 0.383 e. The van der Waals surface area contributed by atoms with Crippen LogP contribution >= 0.6 is 0 Å². The zero-order chi connectivity index (χ0) is 14.3. The van der Waals surface area contributed by atoms with Crippen molar-refractivity contribution in [1.29, 1.82) is 0 Å². The highest BCUT2D eigenvalue weighted by Crippen LogP contribution is 2.38. The molecule has 0 aliphatic heterocycles. The van der Waals surface area contributed by atoms with Gasteiger partial charge in [0.05, 0.1) is 6.61 Å². The molecular weight excluding hydrogens is 252 g/mol. The van der Waals surface area contributed by atoms with Gasteiger partial charge in [0, 0.05) is 33.2 Å². The second-order valence-corrected chi connectivity index (χ2v) is 5.90. The summed E-state index contributed by atoms with van der Waals surface area (Å²) in [6.07, 6.45) is 9.38. The van der Waals surface area contributed by atoms with E-state index in [4.69, 9.17) is 4.74 Å². The normalized spacial score (nSPS) is 18.3. The molecule has 1 aromatic rings. The Labute approximate surface area is 122 Å². The van der Waals surface area contributed by atoms with Crippen molar-refractivity contribution in [2.75, 3.05) is 26.8 Å². The summed E-state index contributed by atoms with van der Waals surface area (Å²) < 4.78 is 7.15. The first-order chi connectivity index (χ1) is 9.79. The number of aromatic nitrogens is 3. The minimum atomic E-state index is 0.353. The molecule has 0 amide bonds. The first-order valence-corrected chi connectivity index (χ1v) is 7.86. The average Bonchev–Trinajstić information content (AvgIpc) is 2.92. The monoisotopic (exact) mass is 280 g/mol. The molecule has 1 N–H and O–H groups in total. The molecule has 0 radical (unpaired) electrons. The lowest BCUT2D eigenvalue weighted by atomic mass is 9.71. The summed E-state index contributed by atoms with van der Waals surface area (Å²) in [5.74, 6) is 1.14. The van der Waals surface area contributed by atoms with E-state index in [1.54, 1.807) is 13.4 Å². The molecule has 1 aliphatic rings. The Morgan fingerprint density at radius 3 is 2.85 bits per heavy atom. The van der Waals surface area contributed by atoms with Crippen LogP contribution in [-0.4, -0.2) is 41.6 Å². The van der Waals surface area contributed by atoms with Gasteiger partial charge in [-0.05, 0) is 25.2 Å². The fourth-order valence-electron chi connectivity index (χ4n) is 3.27. The predicted octanol–water partition coefficient (Wildman–Crippen LogP) is 2.03. The van der Waals surface area contributed by atoms with Crippen LogP contribution in [0.5, 0.6) is 0 Å². The van der Waals surface area contributed by atoms with Gasteiger partial charge in [0.1, 0.15) is 12.2 Å². The van der Waals surface area contributed by atoms with E-state index in [-0.39, 0.29) is 0 Å². The van der Waals surface area contributed by atoms with E-state index in [0.29, 0.717) is 5.41 Å². The van der Waals surface area contributed by atoms with Crippen LogP contribution in [0.25, 0.3) is 0 Å². The Hall–Kier alpha value is -0.940. The number of nitrogens with one attached hydrogen (secondary N) is 1. The van der Waals surface area contributed by atoms with Crippen molar-refractivity contribution in [3.05, 3.63) is 12.2 Å². The molecule has 5 heteroatoms. The van der Waals surface area contributed by atoms with E-state index in [9.17, 15) is 0 Å². The maximum Gasteiger partial charge on any atom is 0.138 e. The summed E-state index contributed by atoms with van der Waals surface area (Å²) in [5.41, 5.74) is 0.353. The third kappa shape index (κ3) is 4.03. The molecular formula is C15H28N4O. The van der Waals surface area contributed by atoms with Crippen molar-refractivity contribution in [3.63, 3.8) is 0 Å². The summed E-state index contributed by atoms with van der Waals surface area (Å²) in [7, 11) is 1.75. The van der Waals surface area contributed by atoms with E-state index < -0.39 is 0 Å². The van der Waals surface area contributed by atoms with Gasteiger partial charge in [-0.1, -0.05) is 19.3 Å². The molecule has 20 heavy (non-hydrogen) atoms. The lowest BCUT2D eigenvalue weighted by Gasteiger charge is -2.37. The zero-order valence-electron chi connectivity index (χ0n) is 12.9. The molecule has 0 saturated heterocycles. The number of nitrogens with zero attached hydrogens (tertiary/aromatic N) is 3. The number of hydrogen-bond donors (Lipinski definition) is 1. The fourth-order valence-corrected chi connectivity index (χ4v) is 3.27. The van der Waals surface area contributed by atoms with Crippen molar-refractivity contribution >= 4 is 0 Å². The lowest BCUT2D eigenvalue weighted by molar-refractivity contribution is 0.159. The Bertz CT molecular complexity index is 385. The summed E-state index contributed by atoms with van der Waals surface area (Å²) in [5, 5.41) is 7.87. The van der Waals surface area contributed by atoms with Crippen LogP contribution in [-0.2, 0) is 17.7 Å². The first-order valence-electron chi connectivity index (χ1n) is 7.86. The molecule has 0 bridgehead atoms. The van der Waals surface area contributed by atoms with Crippen LogP contribution in [0.2, 0.25) is 0 Å². The molecule has 5 nitrogen and oxygen atoms in total. The highest BCUT2D eigenvalue weighted by Gasteiger charge is 2.33. The van der Waals surface area contributed by atoms with Gasteiger partial charge >= 0.3 is 0 Å². The van der Waals surface area contributed by atoms with Crippen molar-refractivity contribution < 1.29 is 4.74 Å². The molecule has 1 fully saturated rings. The molecule has 0 spiro atoms. The maximum absolute atomic E-state index is 5.12. The smallest absolute Gasteiger partial charge is 0.138 e. The van der Waals surface area contributed by atoms with Gasteiger partial charge in [0.25, 0.3) is 0 Å². The molecule has 0 aromatic carbocycles. The summed E-state index contributed by atoms with van der Waals surface area (Å²) in [6, 6.07) is 0. The van der Waals surface area contributed by atoms with Gasteiger partial charge in [-0.25, -0.2) is 4.98 Å². The second-order valence-electron chi connectivity index (χ2n) is 5.90. The molecule has 1 aromatic heterocycles. The summed E-state index contributed by atoms with van der Waals surface area (Å²) in [6.45, 7) is 5.80. The summed E-state index contributed by atoms with van der Waals surface area (Å²) in [4.78, 5) is 4.47. The van der Waals surface area contributed by atoms with E-state index in [1.807, 2.05) is 4.68 Å². The van der Waals surface area contributed by atoms with Crippen molar-refractivity contribution in [2.45, 2.75) is 52.0 Å². The van der Waals surface area contributed by atoms with Crippen LogP contribution in [0, 0.1) is 5.41 Å². The summed E-state index contributed by atoms with van der Waals surface area (Å²) >= 11 is 0. The van der Waals surface area contributed by atoms with Gasteiger partial charge in [-0.3, -0.25) is 4.68 Å². The third-order valence-corrected chi connectivity index (χ3v) is 4.43. The standard InChI is InChI=1S/C15H28N4O/c1-3-19-14(17-13-18-19)11-15(7-5-4-6-8-15)12-16-9-10-20-2/h13,16H,3-12H2,1-2H3. The number of rotatable bonds is 8. The van der Waals surface area contributed by atoms with E-state index in [0.717, 1.165) is 38.5 Å². The molecule has 1 aliphatic carbocycles. The van der Waals surface area contributed by atoms with Gasteiger partial charge in [-0.15, -0.1) is 0 Å².